The van der Waals surface area contributed by atoms with Crippen molar-refractivity contribution in [2.45, 2.75) is 33.8 Å². The summed E-state index contributed by atoms with van der Waals surface area (Å²) in [4.78, 5) is 0. The number of hydrogen-bond donors (Lipinski definition) is 1. The Hall–Kier alpha value is -1.55. The Balaban J connectivity index is 2.95. The highest BCUT2D eigenvalue weighted by Gasteiger charge is 2.07. The van der Waals surface area contributed by atoms with Crippen molar-refractivity contribution >= 4 is 5.71 Å². The van der Waals surface area contributed by atoms with Gasteiger partial charge < -0.3 is 14.7 Å². The van der Waals surface area contributed by atoms with Crippen LogP contribution in [0.5, 0.6) is 5.75 Å². The molecule has 1 aromatic rings. The van der Waals surface area contributed by atoms with Gasteiger partial charge in [0.05, 0.1) is 18.9 Å². The van der Waals surface area contributed by atoms with E-state index in [1.807, 2.05) is 25.1 Å². The van der Waals surface area contributed by atoms with Crippen LogP contribution in [-0.2, 0) is 11.3 Å². The molecule has 0 amide bonds. The highest BCUT2D eigenvalue weighted by Crippen LogP contribution is 2.22. The first-order chi connectivity index (χ1) is 8.72. The molecule has 4 nitrogen and oxygen atoms in total. The Kier molecular flexibility index (Phi) is 6.22. The maximum Gasteiger partial charge on any atom is 0.124 e. The fourth-order valence-corrected chi connectivity index (χ4v) is 1.54. The lowest BCUT2D eigenvalue weighted by Gasteiger charge is -2.12. The van der Waals surface area contributed by atoms with Crippen molar-refractivity contribution in [1.82, 2.24) is 0 Å². The maximum atomic E-state index is 8.79. The minimum absolute atomic E-state index is 0.502. The highest BCUT2D eigenvalue weighted by atomic mass is 16.5. The summed E-state index contributed by atoms with van der Waals surface area (Å²) in [5.74, 6) is 0.833. The molecule has 0 fully saturated rings. The summed E-state index contributed by atoms with van der Waals surface area (Å²) >= 11 is 0. The predicted octanol–water partition coefficient (Wildman–Crippen LogP) is 3.21. The number of benzene rings is 1. The third-order valence-corrected chi connectivity index (χ3v) is 2.55. The number of oxime groups is 1. The second-order valence-corrected chi connectivity index (χ2v) is 3.99. The predicted molar refractivity (Wildman–Crippen MR) is 71.6 cm³/mol. The van der Waals surface area contributed by atoms with Gasteiger partial charge in [0, 0.05) is 12.2 Å². The zero-order chi connectivity index (χ0) is 13.4. The summed E-state index contributed by atoms with van der Waals surface area (Å²) in [6.07, 6.45) is 0.965. The average molecular weight is 251 g/mol. The molecule has 1 aromatic carbocycles. The Morgan fingerprint density at radius 3 is 2.72 bits per heavy atom. The molecule has 0 unspecified atom stereocenters. The lowest BCUT2D eigenvalue weighted by Crippen LogP contribution is -2.03. The molecule has 0 radical (unpaired) electrons. The second-order valence-electron chi connectivity index (χ2n) is 3.99. The number of nitrogens with zero attached hydrogens (tertiary/aromatic N) is 1. The Labute approximate surface area is 108 Å². The molecular formula is C14H21NO3. The first-order valence-electron chi connectivity index (χ1n) is 6.25. The van der Waals surface area contributed by atoms with Crippen molar-refractivity contribution in [2.24, 2.45) is 5.16 Å². The quantitative estimate of drug-likeness (QED) is 0.460. The van der Waals surface area contributed by atoms with Crippen molar-refractivity contribution < 1.29 is 14.7 Å². The van der Waals surface area contributed by atoms with Crippen LogP contribution in [0.4, 0.5) is 0 Å². The normalized spacial score (nSPS) is 11.6. The van der Waals surface area contributed by atoms with E-state index in [2.05, 4.69) is 12.1 Å². The Bertz CT molecular complexity index is 402. The van der Waals surface area contributed by atoms with Gasteiger partial charge in [-0.25, -0.2) is 0 Å². The van der Waals surface area contributed by atoms with Crippen molar-refractivity contribution in [3.05, 3.63) is 29.3 Å². The number of hydrogen-bond acceptors (Lipinski definition) is 4. The molecule has 0 saturated carbocycles. The first kappa shape index (κ1) is 14.5. The lowest BCUT2D eigenvalue weighted by atomic mass is 10.1. The number of rotatable bonds is 7. The van der Waals surface area contributed by atoms with Crippen molar-refractivity contribution in [2.75, 3.05) is 13.2 Å². The summed E-state index contributed by atoms with van der Waals surface area (Å²) in [7, 11) is 0. The van der Waals surface area contributed by atoms with E-state index < -0.39 is 0 Å². The van der Waals surface area contributed by atoms with Gasteiger partial charge in [0.1, 0.15) is 5.75 Å². The minimum atomic E-state index is 0.502. The van der Waals surface area contributed by atoms with E-state index in [1.165, 1.54) is 0 Å². The van der Waals surface area contributed by atoms with E-state index in [1.54, 1.807) is 6.92 Å². The van der Waals surface area contributed by atoms with Crippen LogP contribution < -0.4 is 4.74 Å². The van der Waals surface area contributed by atoms with Gasteiger partial charge in [-0.05, 0) is 44.0 Å². The lowest BCUT2D eigenvalue weighted by molar-refractivity contribution is 0.131. The van der Waals surface area contributed by atoms with Gasteiger partial charge in [0.15, 0.2) is 0 Å². The smallest absolute Gasteiger partial charge is 0.124 e. The SMILES string of the molecule is CCCOc1ccc(/C(C)=N/O)cc1COCC. The van der Waals surface area contributed by atoms with E-state index in [4.69, 9.17) is 14.7 Å². The summed E-state index contributed by atoms with van der Waals surface area (Å²) in [5.41, 5.74) is 2.43. The molecule has 0 saturated heterocycles. The third kappa shape index (κ3) is 4.04. The maximum absolute atomic E-state index is 8.79. The minimum Gasteiger partial charge on any atom is -0.493 e. The summed E-state index contributed by atoms with van der Waals surface area (Å²) in [6, 6.07) is 5.72. The molecule has 4 heteroatoms. The molecule has 18 heavy (non-hydrogen) atoms. The molecule has 0 aliphatic heterocycles. The Morgan fingerprint density at radius 1 is 1.33 bits per heavy atom. The van der Waals surface area contributed by atoms with Gasteiger partial charge in [-0.3, -0.25) is 0 Å². The molecule has 0 aromatic heterocycles. The van der Waals surface area contributed by atoms with Crippen LogP contribution in [0, 0.1) is 0 Å². The second kappa shape index (κ2) is 7.71. The van der Waals surface area contributed by atoms with Gasteiger partial charge in [-0.15, -0.1) is 0 Å². The van der Waals surface area contributed by atoms with Crippen LogP contribution >= 0.6 is 0 Å². The zero-order valence-corrected chi connectivity index (χ0v) is 11.3. The topological polar surface area (TPSA) is 51.0 Å². The van der Waals surface area contributed by atoms with Crippen LogP contribution in [0.15, 0.2) is 23.4 Å². The van der Waals surface area contributed by atoms with E-state index >= 15 is 0 Å². The largest absolute Gasteiger partial charge is 0.493 e. The van der Waals surface area contributed by atoms with Crippen LogP contribution in [0.25, 0.3) is 0 Å². The molecule has 1 N–H and O–H groups in total. The molecule has 0 spiro atoms. The molecule has 0 atom stereocenters. The fourth-order valence-electron chi connectivity index (χ4n) is 1.54. The fraction of sp³-hybridized carbons (Fsp3) is 0.500. The van der Waals surface area contributed by atoms with E-state index in [0.29, 0.717) is 25.5 Å². The molecule has 0 aliphatic carbocycles. The average Bonchev–Trinajstić information content (AvgIpc) is 2.42. The van der Waals surface area contributed by atoms with Crippen LogP contribution in [-0.4, -0.2) is 24.1 Å². The Morgan fingerprint density at radius 2 is 2.11 bits per heavy atom. The van der Waals surface area contributed by atoms with E-state index in [0.717, 1.165) is 23.3 Å². The molecule has 1 rings (SSSR count). The van der Waals surface area contributed by atoms with E-state index in [-0.39, 0.29) is 0 Å². The van der Waals surface area contributed by atoms with Crippen molar-refractivity contribution in [3.63, 3.8) is 0 Å². The summed E-state index contributed by atoms with van der Waals surface area (Å²) in [5, 5.41) is 12.0. The molecule has 0 bridgehead atoms. The first-order valence-corrected chi connectivity index (χ1v) is 6.25. The van der Waals surface area contributed by atoms with Gasteiger partial charge >= 0.3 is 0 Å². The monoisotopic (exact) mass is 251 g/mol. The third-order valence-electron chi connectivity index (χ3n) is 2.55. The number of ether oxygens (including phenoxy) is 2. The standard InChI is InChI=1S/C14H21NO3/c1-4-8-18-14-7-6-12(11(3)15-16)9-13(14)10-17-5-2/h6-7,9,16H,4-5,8,10H2,1-3H3/b15-11+. The van der Waals surface area contributed by atoms with Crippen molar-refractivity contribution in [1.29, 1.82) is 0 Å². The zero-order valence-electron chi connectivity index (χ0n) is 11.3. The van der Waals surface area contributed by atoms with Crippen LogP contribution in [0.2, 0.25) is 0 Å². The van der Waals surface area contributed by atoms with Gasteiger partial charge in [-0.1, -0.05) is 12.1 Å². The van der Waals surface area contributed by atoms with Crippen LogP contribution in [0.3, 0.4) is 0 Å². The summed E-state index contributed by atoms with van der Waals surface area (Å²) in [6.45, 7) is 7.63. The molecular weight excluding hydrogens is 230 g/mol. The highest BCUT2D eigenvalue weighted by molar-refractivity contribution is 5.98. The van der Waals surface area contributed by atoms with Gasteiger partial charge in [-0.2, -0.15) is 0 Å². The van der Waals surface area contributed by atoms with Crippen LogP contribution in [0.1, 0.15) is 38.3 Å². The molecule has 0 heterocycles. The molecule has 100 valence electrons. The summed E-state index contributed by atoms with van der Waals surface area (Å²) < 4.78 is 11.1. The van der Waals surface area contributed by atoms with E-state index in [9.17, 15) is 0 Å². The molecule has 0 aliphatic rings. The van der Waals surface area contributed by atoms with Gasteiger partial charge in [0.25, 0.3) is 0 Å². The van der Waals surface area contributed by atoms with Gasteiger partial charge in [0.2, 0.25) is 0 Å². The van der Waals surface area contributed by atoms with Crippen molar-refractivity contribution in [3.8, 4) is 5.75 Å².